The molecule has 0 saturated heterocycles. The van der Waals surface area contributed by atoms with Crippen LogP contribution in [0.2, 0.25) is 0 Å². The first-order chi connectivity index (χ1) is 28.1. The van der Waals surface area contributed by atoms with E-state index >= 15 is 0 Å². The van der Waals surface area contributed by atoms with Crippen molar-refractivity contribution in [3.8, 4) is 27.9 Å². The largest absolute Gasteiger partial charge is 0.309 e. The highest BCUT2D eigenvalue weighted by Gasteiger charge is 2.27. The summed E-state index contributed by atoms with van der Waals surface area (Å²) < 4.78 is 2.40. The summed E-state index contributed by atoms with van der Waals surface area (Å²) in [5, 5.41) is 4.92. The molecule has 2 heterocycles. The minimum Gasteiger partial charge on any atom is -0.309 e. The fraction of sp³-hybridized carbons (Fsp3) is 0.0556. The van der Waals surface area contributed by atoms with Crippen LogP contribution in [0.5, 0.6) is 0 Å². The zero-order chi connectivity index (χ0) is 38.9. The van der Waals surface area contributed by atoms with Gasteiger partial charge in [-0.2, -0.15) is 0 Å². The van der Waals surface area contributed by atoms with E-state index in [4.69, 9.17) is 4.99 Å². The third-order valence-electron chi connectivity index (χ3n) is 10.8. The second-order valence-electron chi connectivity index (χ2n) is 14.1. The minimum atomic E-state index is 0.759. The molecule has 8 aromatic carbocycles. The summed E-state index contributed by atoms with van der Waals surface area (Å²) in [5.41, 5.74) is 14.7. The molecule has 274 valence electrons. The van der Waals surface area contributed by atoms with Gasteiger partial charge < -0.3 is 4.57 Å². The van der Waals surface area contributed by atoms with Gasteiger partial charge >= 0.3 is 0 Å². The van der Waals surface area contributed by atoms with E-state index in [0.717, 1.165) is 28.2 Å². The van der Waals surface area contributed by atoms with Gasteiger partial charge in [0.05, 0.1) is 22.4 Å². The maximum Gasteiger partial charge on any atom is 0.0863 e. The Hall–Kier alpha value is -6.68. The van der Waals surface area contributed by atoms with Crippen LogP contribution in [0, 0.1) is 0 Å². The van der Waals surface area contributed by atoms with Crippen LogP contribution in [0.3, 0.4) is 0 Å². The summed E-state index contributed by atoms with van der Waals surface area (Å²) in [5.74, 6) is 0. The summed E-state index contributed by atoms with van der Waals surface area (Å²) in [6, 6.07) is 67.5. The molecular formula is C54H42N2S. The number of thioether (sulfide) groups is 1. The molecule has 57 heavy (non-hydrogen) atoms. The van der Waals surface area contributed by atoms with Crippen molar-refractivity contribution in [1.82, 2.24) is 4.57 Å². The Morgan fingerprint density at radius 1 is 0.509 bits per heavy atom. The Balaban J connectivity index is 0.00000208. The maximum atomic E-state index is 5.24. The summed E-state index contributed by atoms with van der Waals surface area (Å²) in [6.45, 7) is 10.6. The Kier molecular flexibility index (Phi) is 9.76. The van der Waals surface area contributed by atoms with Crippen LogP contribution in [-0.4, -0.2) is 10.3 Å². The lowest BCUT2D eigenvalue weighted by Gasteiger charge is -2.11. The molecule has 0 bridgehead atoms. The molecule has 1 aliphatic heterocycles. The molecule has 0 saturated carbocycles. The average Bonchev–Trinajstić information content (AvgIpc) is 3.82. The number of aromatic nitrogens is 1. The highest BCUT2D eigenvalue weighted by Crippen LogP contribution is 2.46. The third-order valence-corrected chi connectivity index (χ3v) is 12.0. The second kappa shape index (κ2) is 15.5. The van der Waals surface area contributed by atoms with Crippen LogP contribution in [0.1, 0.15) is 37.5 Å². The van der Waals surface area contributed by atoms with Gasteiger partial charge in [-0.25, -0.2) is 4.99 Å². The quantitative estimate of drug-likeness (QED) is 0.165. The predicted octanol–water partition coefficient (Wildman–Crippen LogP) is 15.3. The van der Waals surface area contributed by atoms with E-state index < -0.39 is 0 Å². The predicted molar refractivity (Wildman–Crippen MR) is 247 cm³/mol. The lowest BCUT2D eigenvalue weighted by atomic mass is 9.97. The van der Waals surface area contributed by atoms with E-state index in [2.05, 4.69) is 188 Å². The first kappa shape index (κ1) is 36.0. The molecule has 1 aromatic heterocycles. The Morgan fingerprint density at radius 3 is 1.86 bits per heavy atom. The van der Waals surface area contributed by atoms with Crippen molar-refractivity contribution in [2.24, 2.45) is 4.99 Å². The molecule has 0 atom stereocenters. The van der Waals surface area contributed by atoms with E-state index in [1.165, 1.54) is 75.8 Å². The molecule has 0 fully saturated rings. The number of para-hydroxylation sites is 1. The van der Waals surface area contributed by atoms with Crippen LogP contribution < -0.4 is 0 Å². The van der Waals surface area contributed by atoms with E-state index in [1.807, 2.05) is 32.0 Å². The number of allylic oxidation sites excluding steroid dienone is 2. The lowest BCUT2D eigenvalue weighted by molar-refractivity contribution is 1.19. The number of hydrogen-bond acceptors (Lipinski definition) is 2. The molecule has 0 radical (unpaired) electrons. The standard InChI is InChI=1S/C52H36N2S.C2H6/c1-34(36-14-6-3-7-15-36)52-51(53-35(2)37-16-8-4-9-17-37)47-33-43(26-29-50(47)55-52)39-22-23-41-31-44(27-24-40(41)30-39)54-48-21-13-12-20-45(48)46-32-42(25-28-49(46)54)38-18-10-5-11-19-38;1-2/h3-33H,2H2,1H3;1-2H3/b52-34-,53-51?;. The topological polar surface area (TPSA) is 17.3 Å². The first-order valence-electron chi connectivity index (χ1n) is 19.6. The highest BCUT2D eigenvalue weighted by atomic mass is 32.2. The fourth-order valence-electron chi connectivity index (χ4n) is 7.89. The molecular weight excluding hydrogens is 709 g/mol. The Bertz CT molecular complexity index is 3010. The molecule has 3 heteroatoms. The van der Waals surface area contributed by atoms with Crippen molar-refractivity contribution in [2.75, 3.05) is 0 Å². The average molecular weight is 751 g/mol. The van der Waals surface area contributed by atoms with Gasteiger partial charge in [0.1, 0.15) is 0 Å². The first-order valence-corrected chi connectivity index (χ1v) is 20.5. The number of aliphatic imine (C=N–C) groups is 1. The molecule has 1 aliphatic rings. The molecule has 0 amide bonds. The molecule has 10 rings (SSSR count). The third kappa shape index (κ3) is 6.71. The summed E-state index contributed by atoms with van der Waals surface area (Å²) in [6.07, 6.45) is 0. The SMILES string of the molecule is C=C(N=C1/C(=C(\C)c2ccccc2)Sc2ccc(-c3ccc4cc(-n5c6ccccc6c6cc(-c7ccccc7)ccc65)ccc4c3)cc21)c1ccccc1.CC. The van der Waals surface area contributed by atoms with Gasteiger partial charge in [0, 0.05) is 31.8 Å². The number of nitrogens with zero attached hydrogens (tertiary/aromatic N) is 2. The minimum absolute atomic E-state index is 0.759. The van der Waals surface area contributed by atoms with Gasteiger partial charge in [-0.1, -0.05) is 172 Å². The zero-order valence-corrected chi connectivity index (χ0v) is 33.2. The van der Waals surface area contributed by atoms with E-state index in [9.17, 15) is 0 Å². The van der Waals surface area contributed by atoms with Crippen LogP contribution in [0.25, 0.3) is 71.8 Å². The number of benzene rings is 8. The second-order valence-corrected chi connectivity index (χ2v) is 15.2. The van der Waals surface area contributed by atoms with Crippen LogP contribution >= 0.6 is 11.8 Å². The summed E-state index contributed by atoms with van der Waals surface area (Å²) in [4.78, 5) is 7.62. The van der Waals surface area contributed by atoms with Crippen LogP contribution in [0.15, 0.2) is 209 Å². The monoisotopic (exact) mass is 750 g/mol. The smallest absolute Gasteiger partial charge is 0.0863 e. The van der Waals surface area contributed by atoms with Crippen molar-refractivity contribution in [3.63, 3.8) is 0 Å². The van der Waals surface area contributed by atoms with Crippen molar-refractivity contribution in [2.45, 2.75) is 25.7 Å². The number of fused-ring (bicyclic) bond motifs is 5. The van der Waals surface area contributed by atoms with E-state index in [0.29, 0.717) is 0 Å². The van der Waals surface area contributed by atoms with Gasteiger partial charge in [-0.3, -0.25) is 0 Å². The van der Waals surface area contributed by atoms with Gasteiger partial charge in [-0.05, 0) is 105 Å². The van der Waals surface area contributed by atoms with Crippen LogP contribution in [0.4, 0.5) is 0 Å². The summed E-state index contributed by atoms with van der Waals surface area (Å²) >= 11 is 1.80. The van der Waals surface area contributed by atoms with Crippen molar-refractivity contribution in [3.05, 3.63) is 216 Å². The van der Waals surface area contributed by atoms with Crippen molar-refractivity contribution in [1.29, 1.82) is 0 Å². The Morgan fingerprint density at radius 2 is 1.09 bits per heavy atom. The highest BCUT2D eigenvalue weighted by molar-refractivity contribution is 8.05. The van der Waals surface area contributed by atoms with Crippen molar-refractivity contribution < 1.29 is 0 Å². The van der Waals surface area contributed by atoms with E-state index in [1.54, 1.807) is 11.8 Å². The Labute approximate surface area is 339 Å². The number of rotatable bonds is 6. The molecule has 0 aliphatic carbocycles. The van der Waals surface area contributed by atoms with Gasteiger partial charge in [-0.15, -0.1) is 0 Å². The molecule has 0 spiro atoms. The molecule has 0 N–H and O–H groups in total. The lowest BCUT2D eigenvalue weighted by Crippen LogP contribution is -2.01. The molecule has 9 aromatic rings. The fourth-order valence-corrected chi connectivity index (χ4v) is 9.04. The van der Waals surface area contributed by atoms with Crippen molar-refractivity contribution >= 4 is 61.3 Å². The maximum absolute atomic E-state index is 5.24. The normalized spacial score (nSPS) is 13.8. The molecule has 2 nitrogen and oxygen atoms in total. The van der Waals surface area contributed by atoms with E-state index in [-0.39, 0.29) is 0 Å². The van der Waals surface area contributed by atoms with Gasteiger partial charge in [0.25, 0.3) is 0 Å². The van der Waals surface area contributed by atoms with Gasteiger partial charge in [0.2, 0.25) is 0 Å². The number of hydrogen-bond donors (Lipinski definition) is 0. The molecule has 0 unspecified atom stereocenters. The van der Waals surface area contributed by atoms with Crippen LogP contribution in [-0.2, 0) is 0 Å². The van der Waals surface area contributed by atoms with Gasteiger partial charge in [0.15, 0.2) is 0 Å². The zero-order valence-electron chi connectivity index (χ0n) is 32.4. The summed E-state index contributed by atoms with van der Waals surface area (Å²) in [7, 11) is 0.